The van der Waals surface area contributed by atoms with Gasteiger partial charge in [-0.15, -0.1) is 0 Å². The van der Waals surface area contributed by atoms with Crippen LogP contribution in [0.1, 0.15) is 44.1 Å². The van der Waals surface area contributed by atoms with E-state index in [1.54, 1.807) is 0 Å². The van der Waals surface area contributed by atoms with E-state index < -0.39 is 0 Å². The first-order valence-electron chi connectivity index (χ1n) is 7.75. The van der Waals surface area contributed by atoms with Crippen molar-refractivity contribution in [2.45, 2.75) is 51.2 Å². The Kier molecular flexibility index (Phi) is 6.52. The zero-order valence-corrected chi connectivity index (χ0v) is 13.4. The van der Waals surface area contributed by atoms with Gasteiger partial charge in [-0.25, -0.2) is 0 Å². The van der Waals surface area contributed by atoms with Crippen LogP contribution in [0.25, 0.3) is 0 Å². The Balaban J connectivity index is 1.77. The third-order valence-corrected chi connectivity index (χ3v) is 4.58. The summed E-state index contributed by atoms with van der Waals surface area (Å²) in [5.74, 6) is 0.0638. The zero-order valence-electron chi connectivity index (χ0n) is 12.7. The lowest BCUT2D eigenvalue weighted by molar-refractivity contribution is -0.137. The van der Waals surface area contributed by atoms with Gasteiger partial charge in [0.1, 0.15) is 6.61 Å². The van der Waals surface area contributed by atoms with Crippen molar-refractivity contribution in [3.05, 3.63) is 34.9 Å². The first kappa shape index (κ1) is 16.3. The molecular weight excluding hydrogens is 286 g/mol. The molecule has 1 aliphatic rings. The van der Waals surface area contributed by atoms with E-state index in [0.29, 0.717) is 17.7 Å². The van der Waals surface area contributed by atoms with Crippen molar-refractivity contribution in [2.75, 3.05) is 13.7 Å². The third-order valence-electron chi connectivity index (χ3n) is 4.21. The second kappa shape index (κ2) is 8.40. The van der Waals surface area contributed by atoms with Crippen LogP contribution < -0.4 is 0 Å². The van der Waals surface area contributed by atoms with Crippen LogP contribution in [-0.4, -0.2) is 30.5 Å². The largest absolute Gasteiger partial charge is 0.367 e. The molecule has 0 aliphatic heterocycles. The van der Waals surface area contributed by atoms with E-state index in [-0.39, 0.29) is 12.5 Å². The number of hydrogen-bond donors (Lipinski definition) is 0. The Morgan fingerprint density at radius 1 is 1.24 bits per heavy atom. The first-order valence-corrected chi connectivity index (χ1v) is 8.13. The number of rotatable bonds is 5. The molecule has 3 nitrogen and oxygen atoms in total. The van der Waals surface area contributed by atoms with Gasteiger partial charge < -0.3 is 9.64 Å². The molecule has 0 atom stereocenters. The molecule has 1 saturated carbocycles. The number of benzene rings is 1. The van der Waals surface area contributed by atoms with Gasteiger partial charge in [0, 0.05) is 18.1 Å². The predicted molar refractivity (Wildman–Crippen MR) is 85.4 cm³/mol. The van der Waals surface area contributed by atoms with E-state index >= 15 is 0 Å². The average Bonchev–Trinajstić information content (AvgIpc) is 2.77. The van der Waals surface area contributed by atoms with Gasteiger partial charge in [-0.1, -0.05) is 55.5 Å². The summed E-state index contributed by atoms with van der Waals surface area (Å²) in [4.78, 5) is 14.1. The van der Waals surface area contributed by atoms with E-state index in [1.807, 2.05) is 36.2 Å². The molecule has 0 aromatic heterocycles. The molecule has 0 N–H and O–H groups in total. The van der Waals surface area contributed by atoms with Crippen molar-refractivity contribution in [1.29, 1.82) is 0 Å². The fraction of sp³-hybridized carbons (Fsp3) is 0.588. The lowest BCUT2D eigenvalue weighted by atomic mass is 10.1. The molecule has 0 unspecified atom stereocenters. The number of likely N-dealkylation sites (N-methyl/N-ethyl adjacent to an activating group) is 1. The number of nitrogens with zero attached hydrogens (tertiary/aromatic N) is 1. The lowest BCUT2D eigenvalue weighted by Gasteiger charge is -2.27. The van der Waals surface area contributed by atoms with Crippen molar-refractivity contribution in [1.82, 2.24) is 4.90 Å². The summed E-state index contributed by atoms with van der Waals surface area (Å²) in [6.07, 6.45) is 7.27. The summed E-state index contributed by atoms with van der Waals surface area (Å²) < 4.78 is 5.53. The summed E-state index contributed by atoms with van der Waals surface area (Å²) in [7, 11) is 1.90. The van der Waals surface area contributed by atoms with Crippen molar-refractivity contribution < 1.29 is 9.53 Å². The van der Waals surface area contributed by atoms with E-state index in [0.717, 1.165) is 18.4 Å². The minimum absolute atomic E-state index is 0.0638. The molecule has 0 heterocycles. The van der Waals surface area contributed by atoms with Gasteiger partial charge in [-0.2, -0.15) is 0 Å². The molecule has 1 aromatic carbocycles. The Hall–Kier alpha value is -1.06. The zero-order chi connectivity index (χ0) is 15.1. The molecule has 0 saturated heterocycles. The topological polar surface area (TPSA) is 29.5 Å². The second-order valence-corrected chi connectivity index (χ2v) is 6.14. The van der Waals surface area contributed by atoms with Crippen molar-refractivity contribution in [3.8, 4) is 0 Å². The summed E-state index contributed by atoms with van der Waals surface area (Å²) in [6.45, 7) is 0.502. The Bertz CT molecular complexity index is 456. The minimum atomic E-state index is 0.0638. The number of amides is 1. The number of carbonyl (C=O) groups excluding carboxylic acids is 1. The van der Waals surface area contributed by atoms with Crippen LogP contribution in [0, 0.1) is 0 Å². The maximum atomic E-state index is 12.2. The normalized spacial score (nSPS) is 16.5. The molecule has 4 heteroatoms. The minimum Gasteiger partial charge on any atom is -0.367 e. The fourth-order valence-electron chi connectivity index (χ4n) is 2.81. The molecular formula is C17H24ClNO2. The molecule has 0 spiro atoms. The quantitative estimate of drug-likeness (QED) is 0.768. The number of ether oxygens (including phenoxy) is 1. The van der Waals surface area contributed by atoms with Crippen LogP contribution in [0.2, 0.25) is 5.02 Å². The second-order valence-electron chi connectivity index (χ2n) is 5.73. The highest BCUT2D eigenvalue weighted by molar-refractivity contribution is 6.31. The molecule has 116 valence electrons. The fourth-order valence-corrected chi connectivity index (χ4v) is 3.00. The standard InChI is InChI=1S/C17H24ClNO2/c1-19(15-9-4-2-3-5-10-15)17(20)13-21-12-14-8-6-7-11-16(14)18/h6-8,11,15H,2-5,9-10,12-13H2,1H3. The monoisotopic (exact) mass is 309 g/mol. The number of carbonyl (C=O) groups is 1. The Morgan fingerprint density at radius 2 is 1.90 bits per heavy atom. The van der Waals surface area contributed by atoms with Gasteiger partial charge in [0.15, 0.2) is 0 Å². The Morgan fingerprint density at radius 3 is 2.57 bits per heavy atom. The molecule has 0 bridgehead atoms. The van der Waals surface area contributed by atoms with Crippen LogP contribution in [0.5, 0.6) is 0 Å². The van der Waals surface area contributed by atoms with Gasteiger partial charge in [-0.05, 0) is 24.5 Å². The predicted octanol–water partition coefficient (Wildman–Crippen LogP) is 4.04. The van der Waals surface area contributed by atoms with Crippen LogP contribution >= 0.6 is 11.6 Å². The molecule has 1 fully saturated rings. The van der Waals surface area contributed by atoms with E-state index in [1.165, 1.54) is 25.7 Å². The SMILES string of the molecule is CN(C(=O)COCc1ccccc1Cl)C1CCCCCC1. The molecule has 21 heavy (non-hydrogen) atoms. The maximum absolute atomic E-state index is 12.2. The van der Waals surface area contributed by atoms with E-state index in [9.17, 15) is 4.79 Å². The molecule has 1 aliphatic carbocycles. The maximum Gasteiger partial charge on any atom is 0.248 e. The average molecular weight is 310 g/mol. The summed E-state index contributed by atoms with van der Waals surface area (Å²) in [6, 6.07) is 7.94. The van der Waals surface area contributed by atoms with Gasteiger partial charge in [0.05, 0.1) is 6.61 Å². The summed E-state index contributed by atoms with van der Waals surface area (Å²) in [5, 5.41) is 0.682. The number of halogens is 1. The van der Waals surface area contributed by atoms with Crippen LogP contribution in [0.4, 0.5) is 0 Å². The summed E-state index contributed by atoms with van der Waals surface area (Å²) >= 11 is 6.07. The highest BCUT2D eigenvalue weighted by Crippen LogP contribution is 2.21. The molecule has 2 rings (SSSR count). The highest BCUT2D eigenvalue weighted by Gasteiger charge is 2.21. The van der Waals surface area contributed by atoms with Crippen molar-refractivity contribution >= 4 is 17.5 Å². The first-order chi connectivity index (χ1) is 10.2. The molecule has 0 radical (unpaired) electrons. The van der Waals surface area contributed by atoms with Crippen LogP contribution in [-0.2, 0) is 16.1 Å². The molecule has 1 aromatic rings. The number of hydrogen-bond acceptors (Lipinski definition) is 2. The van der Waals surface area contributed by atoms with Crippen LogP contribution in [0.15, 0.2) is 24.3 Å². The van der Waals surface area contributed by atoms with Gasteiger partial charge in [0.2, 0.25) is 5.91 Å². The lowest BCUT2D eigenvalue weighted by Crippen LogP contribution is -2.38. The van der Waals surface area contributed by atoms with Crippen LogP contribution in [0.3, 0.4) is 0 Å². The smallest absolute Gasteiger partial charge is 0.248 e. The van der Waals surface area contributed by atoms with Crippen molar-refractivity contribution in [2.24, 2.45) is 0 Å². The van der Waals surface area contributed by atoms with E-state index in [4.69, 9.17) is 16.3 Å². The van der Waals surface area contributed by atoms with Crippen molar-refractivity contribution in [3.63, 3.8) is 0 Å². The van der Waals surface area contributed by atoms with E-state index in [2.05, 4.69) is 0 Å². The highest BCUT2D eigenvalue weighted by atomic mass is 35.5. The van der Waals surface area contributed by atoms with Gasteiger partial charge >= 0.3 is 0 Å². The van der Waals surface area contributed by atoms with Gasteiger partial charge in [-0.3, -0.25) is 4.79 Å². The summed E-state index contributed by atoms with van der Waals surface area (Å²) in [5.41, 5.74) is 0.920. The third kappa shape index (κ3) is 5.01. The van der Waals surface area contributed by atoms with Gasteiger partial charge in [0.25, 0.3) is 0 Å². The molecule has 1 amide bonds. The Labute approximate surface area is 132 Å².